The van der Waals surface area contributed by atoms with Crippen LogP contribution in [0.5, 0.6) is 0 Å². The number of anilines is 1. The van der Waals surface area contributed by atoms with E-state index >= 15 is 0 Å². The molecule has 1 aromatic carbocycles. The van der Waals surface area contributed by atoms with Gasteiger partial charge in [0.2, 0.25) is 11.8 Å². The number of hydrogen-bond acceptors (Lipinski definition) is 3. The first kappa shape index (κ1) is 16.9. The molecule has 2 aliphatic rings. The molecule has 5 nitrogen and oxygen atoms in total. The maximum atomic E-state index is 13.9. The van der Waals surface area contributed by atoms with Crippen LogP contribution in [0.25, 0.3) is 0 Å². The molecule has 0 bridgehead atoms. The monoisotopic (exact) mass is 333 g/mol. The van der Waals surface area contributed by atoms with Crippen LogP contribution in [0.15, 0.2) is 18.2 Å². The number of amides is 2. The summed E-state index contributed by atoms with van der Waals surface area (Å²) in [5.41, 5.74) is 1.02. The number of nitrogens with one attached hydrogen (secondary N) is 1. The molecule has 1 aliphatic heterocycles. The third-order valence-electron chi connectivity index (χ3n) is 4.86. The van der Waals surface area contributed by atoms with E-state index in [1.807, 2.05) is 16.7 Å². The summed E-state index contributed by atoms with van der Waals surface area (Å²) in [6.45, 7) is 6.28. The topological polar surface area (TPSA) is 52.7 Å². The van der Waals surface area contributed by atoms with E-state index in [1.165, 1.54) is 6.07 Å². The first-order valence-corrected chi connectivity index (χ1v) is 8.55. The normalized spacial score (nSPS) is 19.9. The molecule has 0 radical (unpaired) electrons. The Bertz CT molecular complexity index is 637. The first-order chi connectivity index (χ1) is 11.5. The highest BCUT2D eigenvalue weighted by molar-refractivity contribution is 5.94. The Morgan fingerprint density at radius 1 is 1.21 bits per heavy atom. The smallest absolute Gasteiger partial charge is 0.241 e. The van der Waals surface area contributed by atoms with Crippen LogP contribution in [0.4, 0.5) is 10.1 Å². The maximum Gasteiger partial charge on any atom is 0.241 e. The zero-order valence-corrected chi connectivity index (χ0v) is 14.2. The van der Waals surface area contributed by atoms with Crippen molar-refractivity contribution in [3.05, 3.63) is 29.6 Å². The van der Waals surface area contributed by atoms with Gasteiger partial charge in [-0.1, -0.05) is 6.07 Å². The van der Waals surface area contributed by atoms with E-state index in [2.05, 4.69) is 5.32 Å². The molecule has 1 saturated carbocycles. The highest BCUT2D eigenvalue weighted by Crippen LogP contribution is 2.31. The van der Waals surface area contributed by atoms with E-state index in [-0.39, 0.29) is 29.5 Å². The summed E-state index contributed by atoms with van der Waals surface area (Å²) in [5.74, 6) is -0.148. The van der Waals surface area contributed by atoms with Crippen LogP contribution in [-0.4, -0.2) is 53.8 Å². The summed E-state index contributed by atoms with van der Waals surface area (Å²) >= 11 is 0. The van der Waals surface area contributed by atoms with Crippen molar-refractivity contribution in [2.24, 2.45) is 5.92 Å². The van der Waals surface area contributed by atoms with Crippen LogP contribution in [0.3, 0.4) is 0 Å². The molecule has 2 amide bonds. The van der Waals surface area contributed by atoms with E-state index in [0.29, 0.717) is 26.2 Å². The quantitative estimate of drug-likeness (QED) is 0.917. The van der Waals surface area contributed by atoms with Gasteiger partial charge in [-0.2, -0.15) is 0 Å². The summed E-state index contributed by atoms with van der Waals surface area (Å²) in [6, 6.07) is 4.40. The minimum absolute atomic E-state index is 0.208. The fourth-order valence-corrected chi connectivity index (χ4v) is 3.04. The summed E-state index contributed by atoms with van der Waals surface area (Å²) in [5, 5.41) is 2.66. The molecular weight excluding hydrogens is 309 g/mol. The van der Waals surface area contributed by atoms with Gasteiger partial charge in [-0.15, -0.1) is 0 Å². The van der Waals surface area contributed by atoms with Crippen LogP contribution in [0, 0.1) is 18.7 Å². The maximum absolute atomic E-state index is 13.9. The number of nitrogens with zero attached hydrogens (tertiary/aromatic N) is 2. The van der Waals surface area contributed by atoms with Crippen molar-refractivity contribution in [2.45, 2.75) is 32.7 Å². The molecule has 1 atom stereocenters. The number of carbonyl (C=O) groups excluding carboxylic acids is 2. The van der Waals surface area contributed by atoms with Crippen molar-refractivity contribution >= 4 is 17.5 Å². The SMILES string of the molecule is Cc1ccc(NC(=O)C(C)N2CCN(C(=O)C3CC3)CC2)c(F)c1. The van der Waals surface area contributed by atoms with Gasteiger partial charge in [-0.25, -0.2) is 4.39 Å². The Balaban J connectivity index is 1.53. The lowest BCUT2D eigenvalue weighted by Crippen LogP contribution is -2.54. The Morgan fingerprint density at radius 3 is 2.46 bits per heavy atom. The molecule has 1 unspecified atom stereocenters. The lowest BCUT2D eigenvalue weighted by Gasteiger charge is -2.37. The number of rotatable bonds is 4. The minimum Gasteiger partial charge on any atom is -0.340 e. The first-order valence-electron chi connectivity index (χ1n) is 8.55. The van der Waals surface area contributed by atoms with Gasteiger partial charge in [0, 0.05) is 32.1 Å². The zero-order valence-electron chi connectivity index (χ0n) is 14.2. The standard InChI is InChI=1S/C18H24FN3O2/c1-12-3-6-16(15(19)11-12)20-17(23)13(2)21-7-9-22(10-8-21)18(24)14-4-5-14/h3,6,11,13-14H,4-5,7-10H2,1-2H3,(H,20,23). The number of carbonyl (C=O) groups is 2. The predicted molar refractivity (Wildman–Crippen MR) is 90.1 cm³/mol. The molecule has 1 heterocycles. The van der Waals surface area contributed by atoms with Crippen molar-refractivity contribution in [2.75, 3.05) is 31.5 Å². The molecule has 2 fully saturated rings. The third-order valence-corrected chi connectivity index (χ3v) is 4.86. The van der Waals surface area contributed by atoms with Gasteiger partial charge >= 0.3 is 0 Å². The molecular formula is C18H24FN3O2. The Morgan fingerprint density at radius 2 is 1.88 bits per heavy atom. The molecule has 0 aromatic heterocycles. The lowest BCUT2D eigenvalue weighted by molar-refractivity contribution is -0.135. The predicted octanol–water partition coefficient (Wildman–Crippen LogP) is 2.02. The van der Waals surface area contributed by atoms with Gasteiger partial charge in [-0.05, 0) is 44.4 Å². The van der Waals surface area contributed by atoms with Crippen LogP contribution in [0.1, 0.15) is 25.3 Å². The molecule has 1 N–H and O–H groups in total. The van der Waals surface area contributed by atoms with Crippen LogP contribution < -0.4 is 5.32 Å². The second-order valence-electron chi connectivity index (χ2n) is 6.78. The minimum atomic E-state index is -0.421. The van der Waals surface area contributed by atoms with Crippen molar-refractivity contribution in [3.8, 4) is 0 Å². The highest BCUT2D eigenvalue weighted by Gasteiger charge is 2.35. The lowest BCUT2D eigenvalue weighted by atomic mass is 10.2. The van der Waals surface area contributed by atoms with Crippen molar-refractivity contribution in [1.29, 1.82) is 0 Å². The molecule has 0 spiro atoms. The van der Waals surface area contributed by atoms with Gasteiger partial charge in [0.25, 0.3) is 0 Å². The van der Waals surface area contributed by atoms with Crippen molar-refractivity contribution < 1.29 is 14.0 Å². The highest BCUT2D eigenvalue weighted by atomic mass is 19.1. The Labute approximate surface area is 141 Å². The second-order valence-corrected chi connectivity index (χ2v) is 6.78. The summed E-state index contributed by atoms with van der Waals surface area (Å²) in [4.78, 5) is 28.4. The second kappa shape index (κ2) is 6.89. The summed E-state index contributed by atoms with van der Waals surface area (Å²) in [7, 11) is 0. The van der Waals surface area contributed by atoms with Crippen LogP contribution in [-0.2, 0) is 9.59 Å². The van der Waals surface area contributed by atoms with Gasteiger partial charge in [0.15, 0.2) is 0 Å². The van der Waals surface area contributed by atoms with Crippen LogP contribution in [0.2, 0.25) is 0 Å². The molecule has 130 valence electrons. The Hall–Kier alpha value is -1.95. The van der Waals surface area contributed by atoms with E-state index in [1.54, 1.807) is 19.1 Å². The average molecular weight is 333 g/mol. The molecule has 1 aromatic rings. The van der Waals surface area contributed by atoms with E-state index < -0.39 is 5.82 Å². The van der Waals surface area contributed by atoms with Crippen LogP contribution >= 0.6 is 0 Å². The van der Waals surface area contributed by atoms with E-state index in [4.69, 9.17) is 0 Å². The number of piperazine rings is 1. The summed E-state index contributed by atoms with van der Waals surface area (Å²) in [6.07, 6.45) is 2.03. The van der Waals surface area contributed by atoms with E-state index in [0.717, 1.165) is 18.4 Å². The van der Waals surface area contributed by atoms with Gasteiger partial charge in [-0.3, -0.25) is 14.5 Å². The largest absolute Gasteiger partial charge is 0.340 e. The van der Waals surface area contributed by atoms with Gasteiger partial charge < -0.3 is 10.2 Å². The molecule has 1 saturated heterocycles. The van der Waals surface area contributed by atoms with Gasteiger partial charge in [0.1, 0.15) is 5.82 Å². The number of benzene rings is 1. The van der Waals surface area contributed by atoms with E-state index in [9.17, 15) is 14.0 Å². The molecule has 6 heteroatoms. The molecule has 3 rings (SSSR count). The summed E-state index contributed by atoms with van der Waals surface area (Å²) < 4.78 is 13.9. The average Bonchev–Trinajstić information content (AvgIpc) is 3.41. The Kier molecular flexibility index (Phi) is 4.85. The third kappa shape index (κ3) is 3.75. The van der Waals surface area contributed by atoms with Gasteiger partial charge in [0.05, 0.1) is 11.7 Å². The molecule has 24 heavy (non-hydrogen) atoms. The number of aryl methyl sites for hydroxylation is 1. The number of hydrogen-bond donors (Lipinski definition) is 1. The molecule has 1 aliphatic carbocycles. The van der Waals surface area contributed by atoms with Crippen molar-refractivity contribution in [1.82, 2.24) is 9.80 Å². The van der Waals surface area contributed by atoms with Crippen molar-refractivity contribution in [3.63, 3.8) is 0 Å². The number of halogens is 1. The fraction of sp³-hybridized carbons (Fsp3) is 0.556. The fourth-order valence-electron chi connectivity index (χ4n) is 3.04. The zero-order chi connectivity index (χ0) is 17.3.